The minimum atomic E-state index is -0.552. The number of hydrogen-bond donors (Lipinski definition) is 0. The van der Waals surface area contributed by atoms with Gasteiger partial charge in [-0.2, -0.15) is 0 Å². The maximum Gasteiger partial charge on any atom is 0.410 e. The summed E-state index contributed by atoms with van der Waals surface area (Å²) in [7, 11) is 1.31. The molecule has 0 spiro atoms. The normalized spacial score (nSPS) is 18.1. The van der Waals surface area contributed by atoms with Crippen molar-refractivity contribution in [2.45, 2.75) is 45.9 Å². The highest BCUT2D eigenvalue weighted by Crippen LogP contribution is 2.25. The fourth-order valence-corrected chi connectivity index (χ4v) is 2.31. The van der Waals surface area contributed by atoms with Gasteiger partial charge in [0.2, 0.25) is 0 Å². The first kappa shape index (κ1) is 15.3. The van der Waals surface area contributed by atoms with Gasteiger partial charge in [0.05, 0.1) is 25.7 Å². The Morgan fingerprint density at radius 2 is 2.05 bits per heavy atom. The van der Waals surface area contributed by atoms with Gasteiger partial charge in [-0.05, 0) is 27.7 Å². The lowest BCUT2D eigenvalue weighted by atomic mass is 10.2. The zero-order chi connectivity index (χ0) is 15.8. The van der Waals surface area contributed by atoms with Crippen molar-refractivity contribution in [1.82, 2.24) is 14.5 Å². The van der Waals surface area contributed by atoms with Crippen LogP contribution in [-0.2, 0) is 16.0 Å². The van der Waals surface area contributed by atoms with Gasteiger partial charge in [0.1, 0.15) is 5.60 Å². The minimum Gasteiger partial charge on any atom is -0.464 e. The van der Waals surface area contributed by atoms with E-state index in [1.165, 1.54) is 7.11 Å². The number of carbonyl (C=O) groups is 2. The highest BCUT2D eigenvalue weighted by atomic mass is 16.6. The average molecular weight is 295 g/mol. The molecule has 0 N–H and O–H groups in total. The van der Waals surface area contributed by atoms with E-state index in [0.29, 0.717) is 12.2 Å². The van der Waals surface area contributed by atoms with E-state index < -0.39 is 17.7 Å². The van der Waals surface area contributed by atoms with Crippen molar-refractivity contribution in [2.75, 3.05) is 13.7 Å². The van der Waals surface area contributed by atoms with Crippen LogP contribution in [0.3, 0.4) is 0 Å². The zero-order valence-corrected chi connectivity index (χ0v) is 13.0. The van der Waals surface area contributed by atoms with Gasteiger partial charge in [-0.25, -0.2) is 14.6 Å². The predicted molar refractivity (Wildman–Crippen MR) is 74.9 cm³/mol. The average Bonchev–Trinajstić information content (AvgIpc) is 2.80. The summed E-state index contributed by atoms with van der Waals surface area (Å²) in [5.74, 6) is -0.498. The molecule has 1 amide bonds. The second-order valence-corrected chi connectivity index (χ2v) is 6.15. The van der Waals surface area contributed by atoms with Gasteiger partial charge in [-0.1, -0.05) is 0 Å². The largest absolute Gasteiger partial charge is 0.464 e. The molecule has 0 saturated carbocycles. The maximum absolute atomic E-state index is 12.2. The lowest BCUT2D eigenvalue weighted by Gasteiger charge is -2.34. The molecule has 7 heteroatoms. The molecule has 1 aromatic rings. The fourth-order valence-electron chi connectivity index (χ4n) is 2.31. The van der Waals surface area contributed by atoms with Crippen molar-refractivity contribution >= 4 is 12.1 Å². The van der Waals surface area contributed by atoms with Crippen LogP contribution in [-0.4, -0.2) is 45.8 Å². The Morgan fingerprint density at radius 3 is 2.62 bits per heavy atom. The summed E-state index contributed by atoms with van der Waals surface area (Å²) in [4.78, 5) is 29.6. The third-order valence-electron chi connectivity index (χ3n) is 3.23. The van der Waals surface area contributed by atoms with Gasteiger partial charge in [-0.15, -0.1) is 0 Å². The molecule has 2 heterocycles. The molecule has 0 radical (unpaired) electrons. The molecule has 1 aliphatic heterocycles. The molecule has 0 bridgehead atoms. The third-order valence-corrected chi connectivity index (χ3v) is 3.23. The summed E-state index contributed by atoms with van der Waals surface area (Å²) in [6.45, 7) is 8.22. The summed E-state index contributed by atoms with van der Waals surface area (Å²) in [5, 5.41) is 0. The number of aromatic nitrogens is 2. The molecule has 0 aromatic carbocycles. The van der Waals surface area contributed by atoms with Crippen LogP contribution in [0.2, 0.25) is 0 Å². The Labute approximate surface area is 123 Å². The molecule has 0 unspecified atom stereocenters. The first-order chi connectivity index (χ1) is 9.73. The molecule has 21 heavy (non-hydrogen) atoms. The predicted octanol–water partition coefficient (Wildman–Crippen LogP) is 1.98. The number of methoxy groups -OCH3 is 1. The first-order valence-electron chi connectivity index (χ1n) is 6.85. The quantitative estimate of drug-likeness (QED) is 0.741. The number of fused-ring (bicyclic) bond motifs is 1. The van der Waals surface area contributed by atoms with Crippen LogP contribution in [0.15, 0.2) is 6.33 Å². The van der Waals surface area contributed by atoms with Gasteiger partial charge in [-0.3, -0.25) is 0 Å². The number of rotatable bonds is 1. The van der Waals surface area contributed by atoms with E-state index >= 15 is 0 Å². The Balaban J connectivity index is 2.24. The van der Waals surface area contributed by atoms with Crippen LogP contribution in [0.1, 0.15) is 49.9 Å². The Morgan fingerprint density at radius 1 is 1.38 bits per heavy atom. The SMILES string of the molecule is COC(=O)c1ncn2c1CN(C(=O)OC(C)(C)C)C[C@@H]2C. The number of carbonyl (C=O) groups excluding carboxylic acids is 2. The van der Waals surface area contributed by atoms with E-state index in [1.54, 1.807) is 11.2 Å². The van der Waals surface area contributed by atoms with E-state index in [-0.39, 0.29) is 18.3 Å². The summed E-state index contributed by atoms with van der Waals surface area (Å²) >= 11 is 0. The zero-order valence-electron chi connectivity index (χ0n) is 13.0. The lowest BCUT2D eigenvalue weighted by molar-refractivity contribution is 0.0170. The molecule has 116 valence electrons. The van der Waals surface area contributed by atoms with E-state index in [0.717, 1.165) is 0 Å². The van der Waals surface area contributed by atoms with Crippen LogP contribution >= 0.6 is 0 Å². The number of hydrogen-bond acceptors (Lipinski definition) is 5. The molecular weight excluding hydrogens is 274 g/mol. The van der Waals surface area contributed by atoms with Gasteiger partial charge in [0.15, 0.2) is 5.69 Å². The molecule has 1 aliphatic rings. The van der Waals surface area contributed by atoms with Crippen LogP contribution in [0, 0.1) is 0 Å². The van der Waals surface area contributed by atoms with Crippen LogP contribution in [0.25, 0.3) is 0 Å². The van der Waals surface area contributed by atoms with Gasteiger partial charge >= 0.3 is 12.1 Å². The molecular formula is C14H21N3O4. The van der Waals surface area contributed by atoms with Gasteiger partial charge < -0.3 is 18.9 Å². The standard InChI is InChI=1S/C14H21N3O4/c1-9-6-16(13(19)21-14(2,3)4)7-10-11(12(18)20-5)15-8-17(9)10/h8-9H,6-7H2,1-5H3/t9-/m0/s1. The summed E-state index contributed by atoms with van der Waals surface area (Å²) in [5.41, 5.74) is 0.368. The molecule has 1 atom stereocenters. The highest BCUT2D eigenvalue weighted by Gasteiger charge is 2.32. The molecule has 7 nitrogen and oxygen atoms in total. The second-order valence-electron chi connectivity index (χ2n) is 6.15. The molecule has 2 rings (SSSR count). The molecule has 1 aromatic heterocycles. The Hall–Kier alpha value is -2.05. The minimum absolute atomic E-state index is 0.0205. The monoisotopic (exact) mass is 295 g/mol. The van der Waals surface area contributed by atoms with Crippen molar-refractivity contribution in [3.63, 3.8) is 0 Å². The summed E-state index contributed by atoms with van der Waals surface area (Å²) in [6, 6.07) is 0.0205. The van der Waals surface area contributed by atoms with E-state index in [1.807, 2.05) is 32.3 Å². The van der Waals surface area contributed by atoms with Gasteiger partial charge in [0.25, 0.3) is 0 Å². The Kier molecular flexibility index (Phi) is 3.93. The van der Waals surface area contributed by atoms with Crippen LogP contribution < -0.4 is 0 Å². The van der Waals surface area contributed by atoms with E-state index in [9.17, 15) is 9.59 Å². The van der Waals surface area contributed by atoms with Crippen molar-refractivity contribution in [2.24, 2.45) is 0 Å². The summed E-state index contributed by atoms with van der Waals surface area (Å²) in [6.07, 6.45) is 1.22. The number of esters is 1. The topological polar surface area (TPSA) is 73.7 Å². The first-order valence-corrected chi connectivity index (χ1v) is 6.85. The number of nitrogens with zero attached hydrogens (tertiary/aromatic N) is 3. The second kappa shape index (κ2) is 5.38. The molecule has 0 aliphatic carbocycles. The summed E-state index contributed by atoms with van der Waals surface area (Å²) < 4.78 is 12.0. The van der Waals surface area contributed by atoms with E-state index in [2.05, 4.69) is 4.98 Å². The van der Waals surface area contributed by atoms with Crippen molar-refractivity contribution in [3.8, 4) is 0 Å². The fraction of sp³-hybridized carbons (Fsp3) is 0.643. The number of ether oxygens (including phenoxy) is 2. The lowest BCUT2D eigenvalue weighted by Crippen LogP contribution is -2.43. The maximum atomic E-state index is 12.2. The Bertz CT molecular complexity index is 559. The van der Waals surface area contributed by atoms with E-state index in [4.69, 9.17) is 9.47 Å². The molecule has 0 saturated heterocycles. The molecule has 0 fully saturated rings. The smallest absolute Gasteiger partial charge is 0.410 e. The van der Waals surface area contributed by atoms with Crippen molar-refractivity contribution in [3.05, 3.63) is 17.7 Å². The third kappa shape index (κ3) is 3.17. The number of imidazole rings is 1. The van der Waals surface area contributed by atoms with Crippen LogP contribution in [0.4, 0.5) is 4.79 Å². The van der Waals surface area contributed by atoms with Crippen molar-refractivity contribution in [1.29, 1.82) is 0 Å². The highest BCUT2D eigenvalue weighted by molar-refractivity contribution is 5.88. The van der Waals surface area contributed by atoms with Gasteiger partial charge in [0, 0.05) is 12.6 Å². The number of amides is 1. The van der Waals surface area contributed by atoms with Crippen molar-refractivity contribution < 1.29 is 19.1 Å². The van der Waals surface area contributed by atoms with Crippen LogP contribution in [0.5, 0.6) is 0 Å².